The van der Waals surface area contributed by atoms with E-state index < -0.39 is 6.10 Å². The lowest BCUT2D eigenvalue weighted by molar-refractivity contribution is 0.0920. The van der Waals surface area contributed by atoms with Crippen LogP contribution in [0, 0.1) is 20.8 Å². The number of hydrogen-bond acceptors (Lipinski definition) is 3. The number of aryl methyl sites for hydroxylation is 2. The number of benzene rings is 2. The summed E-state index contributed by atoms with van der Waals surface area (Å²) in [6, 6.07) is 12.4. The van der Waals surface area contributed by atoms with E-state index in [4.69, 9.17) is 9.72 Å². The highest BCUT2D eigenvalue weighted by Crippen LogP contribution is 2.35. The maximum Gasteiger partial charge on any atom is 0.122 e. The third-order valence-corrected chi connectivity index (χ3v) is 5.99. The lowest BCUT2D eigenvalue weighted by Crippen LogP contribution is -2.25. The first-order valence-corrected chi connectivity index (χ1v) is 10.4. The van der Waals surface area contributed by atoms with Crippen LogP contribution in [0.2, 0.25) is 0 Å². The van der Waals surface area contributed by atoms with Gasteiger partial charge in [0.1, 0.15) is 24.3 Å². The summed E-state index contributed by atoms with van der Waals surface area (Å²) < 4.78 is 8.22. The van der Waals surface area contributed by atoms with Crippen molar-refractivity contribution in [2.24, 2.45) is 0 Å². The van der Waals surface area contributed by atoms with E-state index in [-0.39, 0.29) is 6.61 Å². The van der Waals surface area contributed by atoms with Crippen molar-refractivity contribution >= 4 is 11.0 Å². The molecule has 1 saturated carbocycles. The van der Waals surface area contributed by atoms with Crippen LogP contribution < -0.4 is 4.74 Å². The quantitative estimate of drug-likeness (QED) is 0.652. The molecular formula is C24H30N2O2. The number of nitrogens with zero attached hydrogens (tertiary/aromatic N) is 2. The zero-order valence-electron chi connectivity index (χ0n) is 17.1. The van der Waals surface area contributed by atoms with E-state index in [1.807, 2.05) is 18.2 Å². The van der Waals surface area contributed by atoms with E-state index in [2.05, 4.69) is 43.5 Å². The van der Waals surface area contributed by atoms with Crippen LogP contribution in [0.4, 0.5) is 0 Å². The first-order chi connectivity index (χ1) is 13.5. The fourth-order valence-corrected chi connectivity index (χ4v) is 4.38. The molecule has 4 rings (SSSR count). The molecule has 148 valence electrons. The molecule has 2 aromatic carbocycles. The second-order valence-corrected chi connectivity index (χ2v) is 8.22. The van der Waals surface area contributed by atoms with Crippen molar-refractivity contribution in [2.45, 2.75) is 65.0 Å². The lowest BCUT2D eigenvalue weighted by atomic mass is 10.1. The number of para-hydroxylation sites is 2. The molecule has 0 spiro atoms. The minimum atomic E-state index is -0.585. The van der Waals surface area contributed by atoms with Gasteiger partial charge in [-0.25, -0.2) is 4.98 Å². The third-order valence-electron chi connectivity index (χ3n) is 5.99. The van der Waals surface area contributed by atoms with E-state index >= 15 is 0 Å². The van der Waals surface area contributed by atoms with Crippen LogP contribution in [0.15, 0.2) is 36.4 Å². The molecule has 0 aliphatic heterocycles. The molecule has 1 unspecified atom stereocenters. The van der Waals surface area contributed by atoms with E-state index in [0.29, 0.717) is 12.5 Å². The van der Waals surface area contributed by atoms with Crippen LogP contribution in [0.25, 0.3) is 11.0 Å². The summed E-state index contributed by atoms with van der Waals surface area (Å²) in [5, 5.41) is 10.8. The molecule has 28 heavy (non-hydrogen) atoms. The summed E-state index contributed by atoms with van der Waals surface area (Å²) in [6.07, 6.45) is 4.34. The molecule has 4 nitrogen and oxygen atoms in total. The van der Waals surface area contributed by atoms with Crippen LogP contribution >= 0.6 is 0 Å². The standard InChI is InChI=1S/C24H30N2O2/c1-16-12-17(2)18(3)23(13-16)28-15-20(27)14-26-22-11-7-6-10-21(22)25-24(26)19-8-4-5-9-19/h6-7,10-13,19-20,27H,4-5,8-9,14-15H2,1-3H3. The van der Waals surface area contributed by atoms with Crippen molar-refractivity contribution in [3.8, 4) is 5.75 Å². The van der Waals surface area contributed by atoms with Crippen LogP contribution in [0.3, 0.4) is 0 Å². The van der Waals surface area contributed by atoms with Crippen LogP contribution in [0.1, 0.15) is 54.1 Å². The third kappa shape index (κ3) is 3.79. The zero-order chi connectivity index (χ0) is 19.7. The Hall–Kier alpha value is -2.33. The van der Waals surface area contributed by atoms with Gasteiger partial charge in [-0.2, -0.15) is 0 Å². The number of fused-ring (bicyclic) bond motifs is 1. The van der Waals surface area contributed by atoms with Crippen molar-refractivity contribution in [3.05, 3.63) is 58.9 Å². The number of hydrogen-bond donors (Lipinski definition) is 1. The SMILES string of the molecule is Cc1cc(C)c(C)c(OCC(O)Cn2c(C3CCCC3)nc3ccccc32)c1. The largest absolute Gasteiger partial charge is 0.491 e. The molecule has 4 heteroatoms. The minimum Gasteiger partial charge on any atom is -0.491 e. The zero-order valence-corrected chi connectivity index (χ0v) is 17.1. The normalized spacial score (nSPS) is 16.0. The predicted octanol–water partition coefficient (Wildman–Crippen LogP) is 5.06. The van der Waals surface area contributed by atoms with E-state index in [1.165, 1.54) is 36.8 Å². The Labute approximate surface area is 167 Å². The number of rotatable bonds is 6. The summed E-state index contributed by atoms with van der Waals surface area (Å²) in [4.78, 5) is 4.91. The molecular weight excluding hydrogens is 348 g/mol. The Morgan fingerprint density at radius 1 is 1.14 bits per heavy atom. The topological polar surface area (TPSA) is 47.3 Å². The highest BCUT2D eigenvalue weighted by Gasteiger charge is 2.24. The van der Waals surface area contributed by atoms with Crippen molar-refractivity contribution < 1.29 is 9.84 Å². The smallest absolute Gasteiger partial charge is 0.122 e. The molecule has 1 fully saturated rings. The average molecular weight is 379 g/mol. The molecule has 1 N–H and O–H groups in total. The van der Waals surface area contributed by atoms with Gasteiger partial charge in [0.15, 0.2) is 0 Å². The van der Waals surface area contributed by atoms with E-state index in [0.717, 1.165) is 28.2 Å². The van der Waals surface area contributed by atoms with Gasteiger partial charge < -0.3 is 14.4 Å². The number of ether oxygens (including phenoxy) is 1. The van der Waals surface area contributed by atoms with Gasteiger partial charge in [-0.3, -0.25) is 0 Å². The predicted molar refractivity (Wildman–Crippen MR) is 113 cm³/mol. The molecule has 0 bridgehead atoms. The van der Waals surface area contributed by atoms with Crippen molar-refractivity contribution in [1.82, 2.24) is 9.55 Å². The van der Waals surface area contributed by atoms with Gasteiger partial charge in [0.2, 0.25) is 0 Å². The van der Waals surface area contributed by atoms with Crippen LogP contribution in [0.5, 0.6) is 5.75 Å². The van der Waals surface area contributed by atoms with E-state index in [1.54, 1.807) is 0 Å². The Balaban J connectivity index is 1.53. The van der Waals surface area contributed by atoms with Crippen LogP contribution in [-0.2, 0) is 6.54 Å². The Bertz CT molecular complexity index is 970. The van der Waals surface area contributed by atoms with Gasteiger partial charge in [0.25, 0.3) is 0 Å². The molecule has 0 saturated heterocycles. The number of aromatic nitrogens is 2. The van der Waals surface area contributed by atoms with Crippen molar-refractivity contribution in [1.29, 1.82) is 0 Å². The first kappa shape index (κ1) is 19.0. The lowest BCUT2D eigenvalue weighted by Gasteiger charge is -2.19. The molecule has 0 radical (unpaired) electrons. The fraction of sp³-hybridized carbons (Fsp3) is 0.458. The average Bonchev–Trinajstić information content (AvgIpc) is 3.32. The van der Waals surface area contributed by atoms with Gasteiger partial charge >= 0.3 is 0 Å². The van der Waals surface area contributed by atoms with Gasteiger partial charge in [-0.05, 0) is 68.5 Å². The van der Waals surface area contributed by atoms with Gasteiger partial charge in [-0.15, -0.1) is 0 Å². The molecule has 0 amide bonds. The van der Waals surface area contributed by atoms with Gasteiger partial charge in [0.05, 0.1) is 17.6 Å². The first-order valence-electron chi connectivity index (χ1n) is 10.4. The second kappa shape index (κ2) is 7.96. The molecule has 1 aromatic heterocycles. The highest BCUT2D eigenvalue weighted by molar-refractivity contribution is 5.76. The van der Waals surface area contributed by atoms with Crippen LogP contribution in [-0.4, -0.2) is 27.4 Å². The van der Waals surface area contributed by atoms with Crippen molar-refractivity contribution in [2.75, 3.05) is 6.61 Å². The number of aliphatic hydroxyl groups is 1. The second-order valence-electron chi connectivity index (χ2n) is 8.22. The molecule has 3 aromatic rings. The molecule has 1 atom stereocenters. The minimum absolute atomic E-state index is 0.278. The maximum atomic E-state index is 10.8. The summed E-state index contributed by atoms with van der Waals surface area (Å²) in [5.74, 6) is 2.49. The molecule has 1 aliphatic rings. The Morgan fingerprint density at radius 3 is 2.68 bits per heavy atom. The maximum absolute atomic E-state index is 10.8. The highest BCUT2D eigenvalue weighted by atomic mass is 16.5. The van der Waals surface area contributed by atoms with Gasteiger partial charge in [-0.1, -0.05) is 31.0 Å². The number of aliphatic hydroxyl groups excluding tert-OH is 1. The molecule has 1 heterocycles. The summed E-state index contributed by atoms with van der Waals surface area (Å²) >= 11 is 0. The van der Waals surface area contributed by atoms with Crippen molar-refractivity contribution in [3.63, 3.8) is 0 Å². The number of imidazole rings is 1. The fourth-order valence-electron chi connectivity index (χ4n) is 4.38. The summed E-state index contributed by atoms with van der Waals surface area (Å²) in [5.41, 5.74) is 5.65. The molecule has 1 aliphatic carbocycles. The Kier molecular flexibility index (Phi) is 5.40. The van der Waals surface area contributed by atoms with Gasteiger partial charge in [0, 0.05) is 5.92 Å². The summed E-state index contributed by atoms with van der Waals surface area (Å²) in [7, 11) is 0. The van der Waals surface area contributed by atoms with E-state index in [9.17, 15) is 5.11 Å². The Morgan fingerprint density at radius 2 is 1.89 bits per heavy atom. The summed E-state index contributed by atoms with van der Waals surface area (Å²) in [6.45, 7) is 7.02. The monoisotopic (exact) mass is 378 g/mol.